The number of alkyl halides is 2. The monoisotopic (exact) mass is 250 g/mol. The molecule has 0 aliphatic rings. The van der Waals surface area contributed by atoms with E-state index in [1.165, 1.54) is 20.8 Å². The third kappa shape index (κ3) is 3.80. The lowest BCUT2D eigenvalue weighted by molar-refractivity contribution is -0.199. The Bertz CT molecular complexity index is 323. The Morgan fingerprint density at radius 2 is 1.76 bits per heavy atom. The van der Waals surface area contributed by atoms with Crippen LogP contribution in [-0.2, 0) is 19.1 Å². The average molecular weight is 250 g/mol. The fourth-order valence-corrected chi connectivity index (χ4v) is 1.10. The van der Waals surface area contributed by atoms with Crippen LogP contribution in [0.2, 0.25) is 0 Å². The second-order valence-corrected chi connectivity index (χ2v) is 3.96. The van der Waals surface area contributed by atoms with Crippen LogP contribution in [0.25, 0.3) is 0 Å². The van der Waals surface area contributed by atoms with Crippen molar-refractivity contribution in [3.63, 3.8) is 0 Å². The summed E-state index contributed by atoms with van der Waals surface area (Å²) in [6.45, 7) is 7.43. The average Bonchev–Trinajstić information content (AvgIpc) is 2.22. The van der Waals surface area contributed by atoms with E-state index >= 15 is 0 Å². The summed E-state index contributed by atoms with van der Waals surface area (Å²) in [6, 6.07) is 0. The number of hydrogen-bond acceptors (Lipinski definition) is 4. The number of carbonyl (C=O) groups excluding carboxylic acids is 2. The number of halogens is 2. The van der Waals surface area contributed by atoms with Crippen LogP contribution in [0.15, 0.2) is 12.2 Å². The van der Waals surface area contributed by atoms with E-state index in [1.807, 2.05) is 0 Å². The first-order valence-corrected chi connectivity index (χ1v) is 4.97. The molecule has 0 radical (unpaired) electrons. The quantitative estimate of drug-likeness (QED) is 0.552. The number of esters is 2. The summed E-state index contributed by atoms with van der Waals surface area (Å²) < 4.78 is 35.7. The minimum absolute atomic E-state index is 0.0173. The third-order valence-corrected chi connectivity index (χ3v) is 2.00. The lowest BCUT2D eigenvalue weighted by Gasteiger charge is -2.27. The van der Waals surface area contributed by atoms with Crippen LogP contribution in [0.3, 0.4) is 0 Å². The van der Waals surface area contributed by atoms with Crippen molar-refractivity contribution in [3.05, 3.63) is 12.2 Å². The van der Waals surface area contributed by atoms with Crippen LogP contribution in [0.5, 0.6) is 0 Å². The highest BCUT2D eigenvalue weighted by Crippen LogP contribution is 2.29. The van der Waals surface area contributed by atoms with E-state index in [2.05, 4.69) is 16.1 Å². The molecule has 0 aliphatic carbocycles. The highest BCUT2D eigenvalue weighted by atomic mass is 19.3. The van der Waals surface area contributed by atoms with Crippen molar-refractivity contribution >= 4 is 11.9 Å². The smallest absolute Gasteiger partial charge is 0.380 e. The predicted octanol–water partition coefficient (Wildman–Crippen LogP) is 1.94. The Morgan fingerprint density at radius 1 is 1.29 bits per heavy atom. The van der Waals surface area contributed by atoms with Crippen molar-refractivity contribution in [2.75, 3.05) is 7.11 Å². The molecule has 0 rings (SSSR count). The van der Waals surface area contributed by atoms with Gasteiger partial charge in [0.05, 0.1) is 7.11 Å². The maximum Gasteiger partial charge on any atom is 0.380 e. The van der Waals surface area contributed by atoms with Crippen LogP contribution in [0, 0.1) is 5.92 Å². The predicted molar refractivity (Wildman–Crippen MR) is 56.5 cm³/mol. The van der Waals surface area contributed by atoms with E-state index in [0.29, 0.717) is 0 Å². The fraction of sp³-hybridized carbons (Fsp3) is 0.636. The number of ether oxygens (including phenoxy) is 2. The Hall–Kier alpha value is -1.46. The molecule has 0 N–H and O–H groups in total. The van der Waals surface area contributed by atoms with E-state index in [4.69, 9.17) is 0 Å². The molecule has 0 spiro atoms. The molecular formula is C11H16F2O4. The number of hydrogen-bond donors (Lipinski definition) is 0. The molecule has 0 saturated carbocycles. The van der Waals surface area contributed by atoms with E-state index in [-0.39, 0.29) is 5.57 Å². The van der Waals surface area contributed by atoms with Gasteiger partial charge in [0.1, 0.15) is 0 Å². The van der Waals surface area contributed by atoms with Gasteiger partial charge in [-0.3, -0.25) is 0 Å². The van der Waals surface area contributed by atoms with Crippen molar-refractivity contribution in [2.24, 2.45) is 5.92 Å². The normalized spacial score (nSPS) is 13.1. The minimum atomic E-state index is -3.88. The largest absolute Gasteiger partial charge is 0.464 e. The maximum atomic E-state index is 13.6. The number of methoxy groups -OCH3 is 1. The SMILES string of the molecule is C=C(C)C(=O)O[C@@H](C(C)C)C(F)(F)C(=O)OC. The highest BCUT2D eigenvalue weighted by molar-refractivity contribution is 5.87. The van der Waals surface area contributed by atoms with Crippen LogP contribution < -0.4 is 0 Å². The third-order valence-electron chi connectivity index (χ3n) is 2.00. The van der Waals surface area contributed by atoms with Gasteiger partial charge < -0.3 is 9.47 Å². The summed E-state index contributed by atoms with van der Waals surface area (Å²) in [6.07, 6.45) is -1.88. The van der Waals surface area contributed by atoms with Crippen LogP contribution in [-0.4, -0.2) is 31.1 Å². The molecule has 0 unspecified atom stereocenters. The van der Waals surface area contributed by atoms with Gasteiger partial charge in [-0.2, -0.15) is 8.78 Å². The van der Waals surface area contributed by atoms with Crippen molar-refractivity contribution in [2.45, 2.75) is 32.8 Å². The zero-order valence-corrected chi connectivity index (χ0v) is 10.3. The summed E-state index contributed by atoms with van der Waals surface area (Å²) in [4.78, 5) is 22.2. The Morgan fingerprint density at radius 3 is 2.06 bits per heavy atom. The Labute approximate surface area is 98.6 Å². The summed E-state index contributed by atoms with van der Waals surface area (Å²) >= 11 is 0. The summed E-state index contributed by atoms with van der Waals surface area (Å²) in [5.74, 6) is -7.32. The number of carbonyl (C=O) groups is 2. The van der Waals surface area contributed by atoms with Gasteiger partial charge >= 0.3 is 17.9 Å². The summed E-state index contributed by atoms with van der Waals surface area (Å²) in [7, 11) is 0.841. The van der Waals surface area contributed by atoms with Crippen LogP contribution in [0.4, 0.5) is 8.78 Å². The molecule has 0 aromatic carbocycles. The molecular weight excluding hydrogens is 234 g/mol. The first kappa shape index (κ1) is 15.5. The Balaban J connectivity index is 5.04. The van der Waals surface area contributed by atoms with Crippen molar-refractivity contribution in [3.8, 4) is 0 Å². The molecule has 0 bridgehead atoms. The maximum absolute atomic E-state index is 13.6. The molecule has 0 amide bonds. The van der Waals surface area contributed by atoms with Crippen molar-refractivity contribution in [1.82, 2.24) is 0 Å². The van der Waals surface area contributed by atoms with Crippen molar-refractivity contribution in [1.29, 1.82) is 0 Å². The number of rotatable bonds is 5. The lowest BCUT2D eigenvalue weighted by Crippen LogP contribution is -2.47. The second-order valence-electron chi connectivity index (χ2n) is 3.96. The fourth-order valence-electron chi connectivity index (χ4n) is 1.10. The summed E-state index contributed by atoms with van der Waals surface area (Å²) in [5, 5.41) is 0. The van der Waals surface area contributed by atoms with Crippen molar-refractivity contribution < 1.29 is 27.8 Å². The first-order chi connectivity index (χ1) is 7.64. The highest BCUT2D eigenvalue weighted by Gasteiger charge is 2.52. The van der Waals surface area contributed by atoms with Gasteiger partial charge in [-0.1, -0.05) is 20.4 Å². The van der Waals surface area contributed by atoms with Gasteiger partial charge in [0.15, 0.2) is 6.10 Å². The van der Waals surface area contributed by atoms with Crippen LogP contribution >= 0.6 is 0 Å². The molecule has 0 heterocycles. The van der Waals surface area contributed by atoms with Gasteiger partial charge in [0.2, 0.25) is 0 Å². The zero-order valence-electron chi connectivity index (χ0n) is 10.3. The van der Waals surface area contributed by atoms with Gasteiger partial charge in [-0.15, -0.1) is 0 Å². The van der Waals surface area contributed by atoms with E-state index in [1.54, 1.807) is 0 Å². The van der Waals surface area contributed by atoms with Crippen LogP contribution in [0.1, 0.15) is 20.8 Å². The Kier molecular flexibility index (Phi) is 5.25. The molecule has 0 aromatic heterocycles. The minimum Gasteiger partial charge on any atom is -0.464 e. The van der Waals surface area contributed by atoms with Gasteiger partial charge in [-0.05, 0) is 12.8 Å². The summed E-state index contributed by atoms with van der Waals surface area (Å²) in [5.41, 5.74) is -0.0173. The molecule has 0 fully saturated rings. The van der Waals surface area contributed by atoms with Gasteiger partial charge in [0, 0.05) is 5.57 Å². The van der Waals surface area contributed by atoms with E-state index < -0.39 is 29.9 Å². The standard InChI is InChI=1S/C11H16F2O4/c1-6(2)8(17-9(14)7(3)4)11(12,13)10(15)16-5/h6,8H,3H2,1-2,4-5H3/t8-/m0/s1. The molecule has 98 valence electrons. The molecule has 0 aliphatic heterocycles. The van der Waals surface area contributed by atoms with Gasteiger partial charge in [-0.25, -0.2) is 9.59 Å². The molecule has 6 heteroatoms. The van der Waals surface area contributed by atoms with Gasteiger partial charge in [0.25, 0.3) is 0 Å². The second kappa shape index (κ2) is 5.75. The van der Waals surface area contributed by atoms with E-state index in [0.717, 1.165) is 7.11 Å². The first-order valence-electron chi connectivity index (χ1n) is 4.97. The zero-order chi connectivity index (χ0) is 13.8. The molecule has 0 aromatic rings. The molecule has 4 nitrogen and oxygen atoms in total. The molecule has 17 heavy (non-hydrogen) atoms. The van der Waals surface area contributed by atoms with E-state index in [9.17, 15) is 18.4 Å². The topological polar surface area (TPSA) is 52.6 Å². The lowest BCUT2D eigenvalue weighted by atomic mass is 10.0. The molecule has 1 atom stereocenters. The molecule has 0 saturated heterocycles.